The molecule has 2 aromatic rings. The number of carbonyl (C=O) groups excluding carboxylic acids is 2. The van der Waals surface area contributed by atoms with Crippen molar-refractivity contribution in [2.24, 2.45) is 0 Å². The first kappa shape index (κ1) is 24.8. The van der Waals surface area contributed by atoms with Crippen molar-refractivity contribution < 1.29 is 27.5 Å². The Morgan fingerprint density at radius 2 is 1.88 bits per heavy atom. The van der Waals surface area contributed by atoms with Crippen LogP contribution in [0.2, 0.25) is 5.02 Å². The summed E-state index contributed by atoms with van der Waals surface area (Å²) in [6.07, 6.45) is 3.08. The van der Waals surface area contributed by atoms with E-state index >= 15 is 0 Å². The number of para-hydroxylation sites is 2. The van der Waals surface area contributed by atoms with Crippen LogP contribution in [-0.4, -0.2) is 57.6 Å². The van der Waals surface area contributed by atoms with Crippen LogP contribution in [0.3, 0.4) is 0 Å². The number of ether oxygens (including phenoxy) is 2. The molecule has 1 aliphatic rings. The Hall–Kier alpha value is -2.82. The van der Waals surface area contributed by atoms with Crippen molar-refractivity contribution >= 4 is 39.1 Å². The molecule has 0 aromatic heterocycles. The molecule has 0 radical (unpaired) electrons. The predicted molar refractivity (Wildman–Crippen MR) is 125 cm³/mol. The van der Waals surface area contributed by atoms with E-state index in [0.29, 0.717) is 47.5 Å². The molecule has 0 atom stereocenters. The first-order valence-electron chi connectivity index (χ1n) is 10.4. The second-order valence-corrected chi connectivity index (χ2v) is 9.82. The van der Waals surface area contributed by atoms with Gasteiger partial charge in [0, 0.05) is 11.6 Å². The van der Waals surface area contributed by atoms with E-state index in [9.17, 15) is 18.0 Å². The highest BCUT2D eigenvalue weighted by Crippen LogP contribution is 2.36. The lowest BCUT2D eigenvalue weighted by atomic mass is 10.2. The van der Waals surface area contributed by atoms with Gasteiger partial charge < -0.3 is 19.7 Å². The highest BCUT2D eigenvalue weighted by atomic mass is 35.5. The molecule has 2 N–H and O–H groups in total. The number of rotatable bonds is 3. The molecular weight excluding hydrogens is 470 g/mol. The van der Waals surface area contributed by atoms with Crippen molar-refractivity contribution in [2.75, 3.05) is 37.8 Å². The standard InChI is InChI=1S/C22H26ClN3O6S/c1-33(29,30)24-14-22(28)26-11-5-2-6-12-31-19-7-3-4-8-20(19)32-18-10-9-16(23)13-17(18)25-21(27)15-26/h3-4,7-10,13,24H,2,5-6,11-12,14-15H2,1H3,(H,25,27). The summed E-state index contributed by atoms with van der Waals surface area (Å²) in [5.41, 5.74) is 0.332. The van der Waals surface area contributed by atoms with Crippen molar-refractivity contribution in [3.05, 3.63) is 47.5 Å². The van der Waals surface area contributed by atoms with Crippen molar-refractivity contribution in [1.29, 1.82) is 0 Å². The minimum atomic E-state index is -3.54. The van der Waals surface area contributed by atoms with Crippen molar-refractivity contribution in [1.82, 2.24) is 9.62 Å². The van der Waals surface area contributed by atoms with Crippen molar-refractivity contribution in [2.45, 2.75) is 19.3 Å². The number of halogens is 1. The number of nitrogens with one attached hydrogen (secondary N) is 2. The van der Waals surface area contributed by atoms with Gasteiger partial charge in [-0.25, -0.2) is 13.1 Å². The third-order valence-corrected chi connectivity index (χ3v) is 5.69. The lowest BCUT2D eigenvalue weighted by Crippen LogP contribution is -2.44. The van der Waals surface area contributed by atoms with Gasteiger partial charge in [-0.3, -0.25) is 9.59 Å². The quantitative estimate of drug-likeness (QED) is 0.676. The SMILES string of the molecule is CS(=O)(=O)NCC(=O)N1CCCCCOc2ccccc2Oc2ccc(Cl)cc2NC(=O)C1. The fourth-order valence-corrected chi connectivity index (χ4v) is 3.74. The Balaban J connectivity index is 1.84. The maximum absolute atomic E-state index is 12.8. The monoisotopic (exact) mass is 495 g/mol. The molecule has 0 saturated heterocycles. The molecule has 0 fully saturated rings. The van der Waals surface area contributed by atoms with Crippen LogP contribution in [0.4, 0.5) is 5.69 Å². The van der Waals surface area contributed by atoms with Gasteiger partial charge in [0.2, 0.25) is 21.8 Å². The number of nitrogens with zero attached hydrogens (tertiary/aromatic N) is 1. The van der Waals surface area contributed by atoms with Gasteiger partial charge in [0.05, 0.1) is 31.6 Å². The molecule has 178 valence electrons. The van der Waals surface area contributed by atoms with Gasteiger partial charge in [-0.05, 0) is 49.6 Å². The number of hydrogen-bond donors (Lipinski definition) is 2. The van der Waals surface area contributed by atoms with E-state index in [0.717, 1.165) is 19.1 Å². The summed E-state index contributed by atoms with van der Waals surface area (Å²) in [5.74, 6) is 0.465. The largest absolute Gasteiger partial charge is 0.490 e. The Bertz CT molecular complexity index is 1110. The lowest BCUT2D eigenvalue weighted by molar-refractivity contribution is -0.133. The molecule has 0 unspecified atom stereocenters. The highest BCUT2D eigenvalue weighted by Gasteiger charge is 2.20. The lowest BCUT2D eigenvalue weighted by Gasteiger charge is -2.22. The van der Waals surface area contributed by atoms with Gasteiger partial charge in [-0.15, -0.1) is 0 Å². The summed E-state index contributed by atoms with van der Waals surface area (Å²) in [6.45, 7) is 0.0845. The summed E-state index contributed by atoms with van der Waals surface area (Å²) in [7, 11) is -3.54. The van der Waals surface area contributed by atoms with Crippen molar-refractivity contribution in [3.8, 4) is 17.2 Å². The van der Waals surface area contributed by atoms with Crippen LogP contribution < -0.4 is 19.5 Å². The van der Waals surface area contributed by atoms with E-state index in [1.54, 1.807) is 30.3 Å². The molecule has 1 aliphatic heterocycles. The molecule has 0 aliphatic carbocycles. The summed E-state index contributed by atoms with van der Waals surface area (Å²) < 4.78 is 36.8. The molecule has 0 bridgehead atoms. The maximum Gasteiger partial charge on any atom is 0.244 e. The van der Waals surface area contributed by atoms with Gasteiger partial charge in [0.25, 0.3) is 0 Å². The second kappa shape index (κ2) is 11.4. The van der Waals surface area contributed by atoms with Crippen LogP contribution in [0.5, 0.6) is 17.2 Å². The molecule has 2 aromatic carbocycles. The number of sulfonamides is 1. The van der Waals surface area contributed by atoms with Gasteiger partial charge in [0.1, 0.15) is 0 Å². The molecule has 1 heterocycles. The molecule has 11 heteroatoms. The van der Waals surface area contributed by atoms with E-state index in [-0.39, 0.29) is 6.54 Å². The zero-order valence-corrected chi connectivity index (χ0v) is 19.7. The van der Waals surface area contributed by atoms with E-state index in [2.05, 4.69) is 10.0 Å². The average molecular weight is 496 g/mol. The zero-order valence-electron chi connectivity index (χ0n) is 18.2. The highest BCUT2D eigenvalue weighted by molar-refractivity contribution is 7.88. The van der Waals surface area contributed by atoms with E-state index < -0.39 is 28.4 Å². The summed E-state index contributed by atoms with van der Waals surface area (Å²) in [5, 5.41) is 3.13. The number of hydrogen-bond acceptors (Lipinski definition) is 6. The Labute approximate surface area is 198 Å². The molecule has 3 rings (SSSR count). The summed E-state index contributed by atoms with van der Waals surface area (Å²) in [6, 6.07) is 12.0. The number of anilines is 1. The molecule has 33 heavy (non-hydrogen) atoms. The number of carbonyl (C=O) groups is 2. The third kappa shape index (κ3) is 7.92. The molecule has 9 nitrogen and oxygen atoms in total. The first-order valence-corrected chi connectivity index (χ1v) is 12.7. The zero-order chi connectivity index (χ0) is 23.8. The van der Waals surface area contributed by atoms with Crippen molar-refractivity contribution in [3.63, 3.8) is 0 Å². The Morgan fingerprint density at radius 3 is 2.64 bits per heavy atom. The molecule has 2 amide bonds. The smallest absolute Gasteiger partial charge is 0.244 e. The van der Waals surface area contributed by atoms with Crippen LogP contribution in [0.15, 0.2) is 42.5 Å². The Morgan fingerprint density at radius 1 is 1.12 bits per heavy atom. The van der Waals surface area contributed by atoms with Crippen LogP contribution >= 0.6 is 11.6 Å². The molecular formula is C22H26ClN3O6S. The van der Waals surface area contributed by atoms with Crippen LogP contribution in [0.25, 0.3) is 0 Å². The maximum atomic E-state index is 12.8. The summed E-state index contributed by atoms with van der Waals surface area (Å²) in [4.78, 5) is 26.7. The number of amides is 2. The van der Waals surface area contributed by atoms with Crippen LogP contribution in [0.1, 0.15) is 19.3 Å². The molecule has 0 spiro atoms. The molecule has 0 saturated carbocycles. The van der Waals surface area contributed by atoms with Gasteiger partial charge in [-0.2, -0.15) is 0 Å². The normalized spacial score (nSPS) is 15.6. The van der Waals surface area contributed by atoms with E-state index in [4.69, 9.17) is 21.1 Å². The number of fused-ring (bicyclic) bond motifs is 2. The van der Waals surface area contributed by atoms with Gasteiger partial charge >= 0.3 is 0 Å². The van der Waals surface area contributed by atoms with Gasteiger partial charge in [0.15, 0.2) is 17.2 Å². The predicted octanol–water partition coefficient (Wildman–Crippen LogP) is 3.01. The first-order chi connectivity index (χ1) is 15.7. The fraction of sp³-hybridized carbons (Fsp3) is 0.364. The Kier molecular flexibility index (Phi) is 8.54. The minimum absolute atomic E-state index is 0.247. The van der Waals surface area contributed by atoms with Gasteiger partial charge in [-0.1, -0.05) is 23.7 Å². The number of benzene rings is 2. The fourth-order valence-electron chi connectivity index (χ4n) is 3.18. The van der Waals surface area contributed by atoms with Crippen LogP contribution in [0, 0.1) is 0 Å². The average Bonchev–Trinajstić information content (AvgIpc) is 2.75. The summed E-state index contributed by atoms with van der Waals surface area (Å²) >= 11 is 6.12. The van der Waals surface area contributed by atoms with E-state index in [1.165, 1.54) is 4.90 Å². The topological polar surface area (TPSA) is 114 Å². The van der Waals surface area contributed by atoms with E-state index in [1.807, 2.05) is 12.1 Å². The van der Waals surface area contributed by atoms with Crippen LogP contribution in [-0.2, 0) is 19.6 Å². The third-order valence-electron chi connectivity index (χ3n) is 4.79. The minimum Gasteiger partial charge on any atom is -0.490 e. The second-order valence-electron chi connectivity index (χ2n) is 7.56.